The Bertz CT molecular complexity index is 710. The van der Waals surface area contributed by atoms with Crippen LogP contribution in [0.15, 0.2) is 24.3 Å². The van der Waals surface area contributed by atoms with E-state index in [0.29, 0.717) is 18.9 Å². The molecule has 2 heterocycles. The number of aromatic nitrogens is 3. The normalized spacial score (nSPS) is 15.0. The van der Waals surface area contributed by atoms with Crippen LogP contribution in [0.5, 0.6) is 5.75 Å². The summed E-state index contributed by atoms with van der Waals surface area (Å²) in [4.78, 5) is 14.5. The van der Waals surface area contributed by atoms with E-state index in [1.54, 1.807) is 6.92 Å². The van der Waals surface area contributed by atoms with Gasteiger partial charge in [0.15, 0.2) is 5.69 Å². The van der Waals surface area contributed by atoms with Crippen molar-refractivity contribution < 1.29 is 14.3 Å². The quantitative estimate of drug-likeness (QED) is 0.577. The van der Waals surface area contributed by atoms with Crippen molar-refractivity contribution in [2.24, 2.45) is 0 Å². The highest BCUT2D eigenvalue weighted by Crippen LogP contribution is 2.24. The fraction of sp³-hybridized carbons (Fsp3) is 0.526. The standard InChI is InChI=1S/C19H26N4O3/c1-2-25-19(24)18-17(20-22-21-18)15-8-6-9-16(14-15)26-13-7-12-23-10-4-3-5-11-23/h6,8-9,14H,2-5,7,10-13H2,1H3,(H,20,21,22). The molecule has 7 nitrogen and oxygen atoms in total. The molecule has 0 saturated carbocycles. The molecule has 0 aliphatic carbocycles. The number of carbonyl (C=O) groups is 1. The zero-order chi connectivity index (χ0) is 18.2. The van der Waals surface area contributed by atoms with Crippen LogP contribution in [-0.4, -0.2) is 59.1 Å². The monoisotopic (exact) mass is 358 g/mol. The summed E-state index contributed by atoms with van der Waals surface area (Å²) in [7, 11) is 0. The number of rotatable bonds is 8. The number of hydrogen-bond donors (Lipinski definition) is 1. The van der Waals surface area contributed by atoms with Crippen molar-refractivity contribution in [3.8, 4) is 17.0 Å². The highest BCUT2D eigenvalue weighted by atomic mass is 16.5. The van der Waals surface area contributed by atoms with Crippen LogP contribution in [0.25, 0.3) is 11.3 Å². The SMILES string of the molecule is CCOC(=O)c1n[nH]nc1-c1cccc(OCCCN2CCCCC2)c1. The number of benzene rings is 1. The van der Waals surface area contributed by atoms with Gasteiger partial charge in [0.05, 0.1) is 13.2 Å². The smallest absolute Gasteiger partial charge is 0.361 e. The van der Waals surface area contributed by atoms with E-state index in [1.165, 1.54) is 32.4 Å². The molecule has 0 spiro atoms. The molecule has 0 radical (unpaired) electrons. The van der Waals surface area contributed by atoms with Gasteiger partial charge in [0.1, 0.15) is 11.4 Å². The summed E-state index contributed by atoms with van der Waals surface area (Å²) in [5.74, 6) is 0.281. The minimum absolute atomic E-state index is 0.189. The first-order valence-electron chi connectivity index (χ1n) is 9.31. The molecule has 0 bridgehead atoms. The molecule has 26 heavy (non-hydrogen) atoms. The molecule has 0 unspecified atom stereocenters. The van der Waals surface area contributed by atoms with Gasteiger partial charge in [-0.05, 0) is 51.4 Å². The molecule has 1 N–H and O–H groups in total. The van der Waals surface area contributed by atoms with Crippen LogP contribution in [0.4, 0.5) is 0 Å². The lowest BCUT2D eigenvalue weighted by atomic mass is 10.1. The highest BCUT2D eigenvalue weighted by Gasteiger charge is 2.19. The molecule has 1 aromatic carbocycles. The number of nitrogens with one attached hydrogen (secondary N) is 1. The summed E-state index contributed by atoms with van der Waals surface area (Å²) in [6.07, 6.45) is 4.98. The van der Waals surface area contributed by atoms with E-state index in [-0.39, 0.29) is 5.69 Å². The van der Waals surface area contributed by atoms with Gasteiger partial charge in [-0.3, -0.25) is 0 Å². The number of hydrogen-bond acceptors (Lipinski definition) is 6. The summed E-state index contributed by atoms with van der Waals surface area (Å²) in [5.41, 5.74) is 1.44. The van der Waals surface area contributed by atoms with E-state index in [2.05, 4.69) is 20.3 Å². The zero-order valence-corrected chi connectivity index (χ0v) is 15.2. The van der Waals surface area contributed by atoms with E-state index < -0.39 is 5.97 Å². The lowest BCUT2D eigenvalue weighted by Crippen LogP contribution is -2.31. The largest absolute Gasteiger partial charge is 0.494 e. The molecule has 1 aliphatic heterocycles. The van der Waals surface area contributed by atoms with E-state index in [9.17, 15) is 4.79 Å². The Kier molecular flexibility index (Phi) is 6.60. The molecular formula is C19H26N4O3. The molecule has 1 fully saturated rings. The summed E-state index contributed by atoms with van der Waals surface area (Å²) >= 11 is 0. The van der Waals surface area contributed by atoms with Gasteiger partial charge in [-0.15, -0.1) is 5.10 Å². The van der Waals surface area contributed by atoms with Crippen LogP contribution >= 0.6 is 0 Å². The predicted octanol–water partition coefficient (Wildman–Crippen LogP) is 2.90. The first kappa shape index (κ1) is 18.4. The molecule has 140 valence electrons. The van der Waals surface area contributed by atoms with Crippen molar-refractivity contribution in [2.75, 3.05) is 32.8 Å². The Balaban J connectivity index is 1.56. The maximum absolute atomic E-state index is 12.0. The maximum Gasteiger partial charge on any atom is 0.361 e. The molecule has 3 rings (SSSR count). The van der Waals surface area contributed by atoms with E-state index >= 15 is 0 Å². The summed E-state index contributed by atoms with van der Waals surface area (Å²) in [5, 5.41) is 10.5. The van der Waals surface area contributed by atoms with Crippen molar-refractivity contribution in [1.29, 1.82) is 0 Å². The molecule has 2 aromatic rings. The number of piperidine rings is 1. The van der Waals surface area contributed by atoms with Gasteiger partial charge in [-0.2, -0.15) is 10.3 Å². The number of carbonyl (C=O) groups excluding carboxylic acids is 1. The fourth-order valence-corrected chi connectivity index (χ4v) is 3.17. The van der Waals surface area contributed by atoms with Gasteiger partial charge in [0.25, 0.3) is 0 Å². The number of aromatic amines is 1. The lowest BCUT2D eigenvalue weighted by Gasteiger charge is -2.26. The highest BCUT2D eigenvalue weighted by molar-refractivity contribution is 5.93. The van der Waals surface area contributed by atoms with Crippen LogP contribution in [0.1, 0.15) is 43.1 Å². The number of likely N-dealkylation sites (tertiary alicyclic amines) is 1. The van der Waals surface area contributed by atoms with Crippen LogP contribution in [0.3, 0.4) is 0 Å². The van der Waals surface area contributed by atoms with Crippen molar-refractivity contribution in [3.63, 3.8) is 0 Å². The fourth-order valence-electron chi connectivity index (χ4n) is 3.17. The second-order valence-corrected chi connectivity index (χ2v) is 6.37. The number of nitrogens with zero attached hydrogens (tertiary/aromatic N) is 3. The third-order valence-corrected chi connectivity index (χ3v) is 4.46. The molecule has 0 amide bonds. The number of H-pyrrole nitrogens is 1. The minimum Gasteiger partial charge on any atom is -0.494 e. The Labute approximate surface area is 153 Å². The minimum atomic E-state index is -0.482. The van der Waals surface area contributed by atoms with Crippen LogP contribution < -0.4 is 4.74 Å². The average molecular weight is 358 g/mol. The van der Waals surface area contributed by atoms with Crippen molar-refractivity contribution in [3.05, 3.63) is 30.0 Å². The summed E-state index contributed by atoms with van der Waals surface area (Å²) in [6, 6.07) is 7.55. The van der Waals surface area contributed by atoms with Gasteiger partial charge >= 0.3 is 5.97 Å². The third-order valence-electron chi connectivity index (χ3n) is 4.46. The molecule has 1 saturated heterocycles. The average Bonchev–Trinajstić information content (AvgIpc) is 3.17. The predicted molar refractivity (Wildman–Crippen MR) is 98.2 cm³/mol. The van der Waals surface area contributed by atoms with Crippen molar-refractivity contribution >= 4 is 5.97 Å². The zero-order valence-electron chi connectivity index (χ0n) is 15.2. The maximum atomic E-state index is 12.0. The summed E-state index contributed by atoms with van der Waals surface area (Å²) < 4.78 is 10.9. The first-order valence-corrected chi connectivity index (χ1v) is 9.31. The first-order chi connectivity index (χ1) is 12.8. The Morgan fingerprint density at radius 2 is 2.08 bits per heavy atom. The topological polar surface area (TPSA) is 80.3 Å². The van der Waals surface area contributed by atoms with Gasteiger partial charge in [0, 0.05) is 12.1 Å². The second kappa shape index (κ2) is 9.33. The number of ether oxygens (including phenoxy) is 2. The van der Waals surface area contributed by atoms with Crippen LogP contribution in [0.2, 0.25) is 0 Å². The molecule has 0 atom stereocenters. The van der Waals surface area contributed by atoms with Gasteiger partial charge in [-0.25, -0.2) is 4.79 Å². The molecule has 1 aromatic heterocycles. The molecular weight excluding hydrogens is 332 g/mol. The van der Waals surface area contributed by atoms with Crippen molar-refractivity contribution in [2.45, 2.75) is 32.6 Å². The Hall–Kier alpha value is -2.41. The van der Waals surface area contributed by atoms with Gasteiger partial charge in [0.2, 0.25) is 0 Å². The van der Waals surface area contributed by atoms with Crippen LogP contribution in [-0.2, 0) is 4.74 Å². The van der Waals surface area contributed by atoms with E-state index in [0.717, 1.165) is 24.3 Å². The third kappa shape index (κ3) is 4.82. The van der Waals surface area contributed by atoms with Gasteiger partial charge in [-0.1, -0.05) is 18.6 Å². The van der Waals surface area contributed by atoms with E-state index in [4.69, 9.17) is 9.47 Å². The van der Waals surface area contributed by atoms with Gasteiger partial charge < -0.3 is 14.4 Å². The number of esters is 1. The second-order valence-electron chi connectivity index (χ2n) is 6.37. The van der Waals surface area contributed by atoms with E-state index in [1.807, 2.05) is 24.3 Å². The van der Waals surface area contributed by atoms with Crippen LogP contribution in [0, 0.1) is 0 Å². The Morgan fingerprint density at radius 3 is 2.88 bits per heavy atom. The Morgan fingerprint density at radius 1 is 1.23 bits per heavy atom. The molecule has 7 heteroatoms. The lowest BCUT2D eigenvalue weighted by molar-refractivity contribution is 0.0520. The van der Waals surface area contributed by atoms with Crippen molar-refractivity contribution in [1.82, 2.24) is 20.3 Å². The summed E-state index contributed by atoms with van der Waals surface area (Å²) in [6.45, 7) is 6.22. The molecule has 1 aliphatic rings.